The van der Waals surface area contributed by atoms with Gasteiger partial charge in [-0.25, -0.2) is 8.42 Å². The van der Waals surface area contributed by atoms with Gasteiger partial charge >= 0.3 is 0 Å². The molecule has 1 aromatic rings. The molecule has 0 N–H and O–H groups in total. The van der Waals surface area contributed by atoms with E-state index < -0.39 is 14.6 Å². The van der Waals surface area contributed by atoms with Crippen LogP contribution in [0.25, 0.3) is 0 Å². The quantitative estimate of drug-likeness (QED) is 0.783. The molecule has 6 atom stereocenters. The van der Waals surface area contributed by atoms with Crippen LogP contribution in [0.15, 0.2) is 47.4 Å². The van der Waals surface area contributed by atoms with Gasteiger partial charge in [-0.05, 0) is 31.4 Å². The van der Waals surface area contributed by atoms with E-state index in [2.05, 4.69) is 24.0 Å². The van der Waals surface area contributed by atoms with Crippen LogP contribution in [-0.2, 0) is 9.84 Å². The molecule has 1 saturated carbocycles. The van der Waals surface area contributed by atoms with Crippen molar-refractivity contribution >= 4 is 9.84 Å². The number of benzene rings is 1. The minimum absolute atomic E-state index is 0.113. The fraction of sp³-hybridized carbons (Fsp3) is 0.579. The number of hydrogen-bond acceptors (Lipinski definition) is 3. The van der Waals surface area contributed by atoms with Crippen LogP contribution < -0.4 is 0 Å². The first-order chi connectivity index (χ1) is 11.0. The fourth-order valence-electron chi connectivity index (χ4n) is 6.55. The van der Waals surface area contributed by atoms with Gasteiger partial charge in [0.15, 0.2) is 9.84 Å². The molecule has 1 unspecified atom stereocenters. The van der Waals surface area contributed by atoms with Crippen molar-refractivity contribution in [3.8, 4) is 0 Å². The lowest BCUT2D eigenvalue weighted by Crippen LogP contribution is -2.62. The molecule has 0 spiro atoms. The molecule has 0 aromatic heterocycles. The molecule has 3 aliphatic heterocycles. The summed E-state index contributed by atoms with van der Waals surface area (Å²) in [5, 5.41) is 0. The third-order valence-corrected chi connectivity index (χ3v) is 10.0. The molecule has 3 fully saturated rings. The normalized spacial score (nSPS) is 47.0. The lowest BCUT2D eigenvalue weighted by atomic mass is 9.60. The van der Waals surface area contributed by atoms with Gasteiger partial charge in [-0.15, -0.1) is 0 Å². The maximum Gasteiger partial charge on any atom is 0.186 e. The largest absolute Gasteiger partial charge is 0.291 e. The summed E-state index contributed by atoms with van der Waals surface area (Å²) in [7, 11) is -3.36. The summed E-state index contributed by atoms with van der Waals surface area (Å²) in [6, 6.07) is 9.69. The van der Waals surface area contributed by atoms with E-state index in [0.717, 1.165) is 32.2 Å². The Morgan fingerprint density at radius 1 is 1.22 bits per heavy atom. The zero-order chi connectivity index (χ0) is 15.9. The van der Waals surface area contributed by atoms with E-state index in [1.807, 2.05) is 18.2 Å². The minimum Gasteiger partial charge on any atom is -0.291 e. The smallest absolute Gasteiger partial charge is 0.186 e. The first-order valence-corrected chi connectivity index (χ1v) is 10.2. The van der Waals surface area contributed by atoms with Crippen LogP contribution in [0.4, 0.5) is 0 Å². The second kappa shape index (κ2) is 4.28. The number of nitrogens with zero attached hydrogens (tertiary/aromatic N) is 1. The second-order valence-electron chi connectivity index (χ2n) is 8.01. The Balaban J connectivity index is 1.79. The SMILES string of the molecule is C[C@]12CCC[C@@H]3[C@H]4C=CC[C@H](N4C1)[C@@]32S(=O)(=O)c1ccccc1. The van der Waals surface area contributed by atoms with E-state index in [1.165, 1.54) is 0 Å². The Kier molecular flexibility index (Phi) is 2.65. The lowest BCUT2D eigenvalue weighted by molar-refractivity contribution is 0.0661. The standard InChI is InChI=1S/C19H23NO2S/c1-18-12-6-9-15-16-10-5-11-17(20(16)13-18)19(15,18)23(21,22)14-7-3-2-4-8-14/h2-5,7-8,10,15-17H,6,9,11-13H2,1H3/t15-,16-,17+,18+,19+/m1/s1. The number of fused-ring (bicyclic) bond motifs is 1. The predicted octanol–water partition coefficient (Wildman–Crippen LogP) is 3.03. The van der Waals surface area contributed by atoms with E-state index in [1.54, 1.807) is 12.1 Å². The van der Waals surface area contributed by atoms with Crippen LogP contribution in [0.1, 0.15) is 32.6 Å². The van der Waals surface area contributed by atoms with Gasteiger partial charge in [0.25, 0.3) is 0 Å². The molecule has 3 heterocycles. The first kappa shape index (κ1) is 14.2. The fourth-order valence-corrected chi connectivity index (χ4v) is 9.52. The maximum atomic E-state index is 13.9. The van der Waals surface area contributed by atoms with Crippen molar-refractivity contribution in [3.63, 3.8) is 0 Å². The molecular formula is C19H23NO2S. The summed E-state index contributed by atoms with van der Waals surface area (Å²) < 4.78 is 27.2. The molecule has 0 radical (unpaired) electrons. The van der Waals surface area contributed by atoms with E-state index in [9.17, 15) is 8.42 Å². The molecule has 122 valence electrons. The van der Waals surface area contributed by atoms with Crippen LogP contribution >= 0.6 is 0 Å². The predicted molar refractivity (Wildman–Crippen MR) is 89.8 cm³/mol. The van der Waals surface area contributed by atoms with Crippen molar-refractivity contribution in [1.82, 2.24) is 4.90 Å². The molecule has 1 aromatic carbocycles. The summed E-state index contributed by atoms with van der Waals surface area (Å²) in [6.07, 6.45) is 8.65. The molecular weight excluding hydrogens is 306 g/mol. The van der Waals surface area contributed by atoms with E-state index >= 15 is 0 Å². The minimum atomic E-state index is -3.36. The summed E-state index contributed by atoms with van der Waals surface area (Å²) in [6.45, 7) is 3.18. The number of hydrogen-bond donors (Lipinski definition) is 0. The zero-order valence-electron chi connectivity index (χ0n) is 13.5. The topological polar surface area (TPSA) is 37.4 Å². The molecule has 4 heteroatoms. The Hall–Kier alpha value is -1.13. The summed E-state index contributed by atoms with van der Waals surface area (Å²) >= 11 is 0. The number of sulfone groups is 1. The molecule has 2 saturated heterocycles. The molecule has 5 rings (SSSR count). The van der Waals surface area contributed by atoms with Crippen LogP contribution in [0.5, 0.6) is 0 Å². The van der Waals surface area contributed by atoms with E-state index in [0.29, 0.717) is 10.9 Å². The maximum absolute atomic E-state index is 13.9. The summed E-state index contributed by atoms with van der Waals surface area (Å²) in [5.74, 6) is 0.254. The highest BCUT2D eigenvalue weighted by molar-refractivity contribution is 7.93. The van der Waals surface area contributed by atoms with Crippen LogP contribution in [0.3, 0.4) is 0 Å². The van der Waals surface area contributed by atoms with E-state index in [4.69, 9.17) is 0 Å². The second-order valence-corrected chi connectivity index (χ2v) is 10.2. The zero-order valence-corrected chi connectivity index (χ0v) is 14.3. The summed E-state index contributed by atoms with van der Waals surface area (Å²) in [4.78, 5) is 3.04. The van der Waals surface area contributed by atoms with Gasteiger partial charge in [0, 0.05) is 30.0 Å². The van der Waals surface area contributed by atoms with Crippen LogP contribution in [-0.4, -0.2) is 36.7 Å². The van der Waals surface area contributed by atoms with Crippen LogP contribution in [0.2, 0.25) is 0 Å². The van der Waals surface area contributed by atoms with Crippen molar-refractivity contribution in [2.75, 3.05) is 6.54 Å². The number of piperidine rings is 1. The van der Waals surface area contributed by atoms with Crippen molar-refractivity contribution < 1.29 is 8.42 Å². The molecule has 3 nitrogen and oxygen atoms in total. The highest BCUT2D eigenvalue weighted by Gasteiger charge is 2.78. The van der Waals surface area contributed by atoms with Gasteiger partial charge in [-0.1, -0.05) is 43.7 Å². The van der Waals surface area contributed by atoms with Gasteiger partial charge < -0.3 is 0 Å². The highest BCUT2D eigenvalue weighted by Crippen LogP contribution is 2.68. The van der Waals surface area contributed by atoms with Crippen molar-refractivity contribution in [3.05, 3.63) is 42.5 Å². The van der Waals surface area contributed by atoms with Gasteiger partial charge in [-0.3, -0.25) is 4.90 Å². The third-order valence-electron chi connectivity index (χ3n) is 7.15. The monoisotopic (exact) mass is 329 g/mol. The van der Waals surface area contributed by atoms with Crippen molar-refractivity contribution in [1.29, 1.82) is 0 Å². The molecule has 23 heavy (non-hydrogen) atoms. The lowest BCUT2D eigenvalue weighted by Gasteiger charge is -2.53. The Labute approximate surface area is 138 Å². The van der Waals surface area contributed by atoms with Gasteiger partial charge in [0.2, 0.25) is 0 Å². The number of rotatable bonds is 2. The Morgan fingerprint density at radius 2 is 2.00 bits per heavy atom. The van der Waals surface area contributed by atoms with Crippen LogP contribution in [0, 0.1) is 11.3 Å². The molecule has 1 aliphatic carbocycles. The van der Waals surface area contributed by atoms with Crippen molar-refractivity contribution in [2.24, 2.45) is 11.3 Å². The molecule has 4 aliphatic rings. The highest BCUT2D eigenvalue weighted by atomic mass is 32.2. The Morgan fingerprint density at radius 3 is 2.78 bits per heavy atom. The first-order valence-electron chi connectivity index (χ1n) is 8.74. The van der Waals surface area contributed by atoms with Gasteiger partial charge in [0.05, 0.1) is 4.90 Å². The van der Waals surface area contributed by atoms with E-state index in [-0.39, 0.29) is 17.4 Å². The summed E-state index contributed by atoms with van der Waals surface area (Å²) in [5.41, 5.74) is -0.113. The third kappa shape index (κ3) is 1.40. The average Bonchev–Trinajstić information content (AvgIpc) is 2.89. The Bertz CT molecular complexity index is 787. The van der Waals surface area contributed by atoms with Gasteiger partial charge in [0.1, 0.15) is 4.75 Å². The van der Waals surface area contributed by atoms with Crippen molar-refractivity contribution in [2.45, 2.75) is 54.3 Å². The van der Waals surface area contributed by atoms with Gasteiger partial charge in [-0.2, -0.15) is 0 Å². The molecule has 0 amide bonds. The molecule has 4 bridgehead atoms. The average molecular weight is 329 g/mol.